The van der Waals surface area contributed by atoms with Crippen LogP contribution in [0.4, 0.5) is 0 Å². The zero-order valence-electron chi connectivity index (χ0n) is 11.2. The van der Waals surface area contributed by atoms with Crippen molar-refractivity contribution < 1.29 is 4.42 Å². The minimum Gasteiger partial charge on any atom is -0.467 e. The molecule has 1 atom stereocenters. The van der Waals surface area contributed by atoms with E-state index in [9.17, 15) is 0 Å². The number of hydrogen-bond donors (Lipinski definition) is 1. The summed E-state index contributed by atoms with van der Waals surface area (Å²) in [5.41, 5.74) is 1.29. The van der Waals surface area contributed by atoms with Crippen molar-refractivity contribution >= 4 is 37.4 Å². The van der Waals surface area contributed by atoms with Gasteiger partial charge in [0.05, 0.1) is 12.3 Å². The molecule has 0 fully saturated rings. The van der Waals surface area contributed by atoms with E-state index in [1.165, 1.54) is 15.6 Å². The van der Waals surface area contributed by atoms with Gasteiger partial charge in [-0.3, -0.25) is 0 Å². The van der Waals surface area contributed by atoms with E-state index in [4.69, 9.17) is 4.42 Å². The lowest BCUT2D eigenvalue weighted by molar-refractivity contribution is 0.448. The van der Waals surface area contributed by atoms with E-state index >= 15 is 0 Å². The van der Waals surface area contributed by atoms with Crippen molar-refractivity contribution in [3.8, 4) is 0 Å². The van der Waals surface area contributed by atoms with Crippen LogP contribution in [-0.2, 0) is 0 Å². The third-order valence-corrected chi connectivity index (χ3v) is 5.29. The van der Waals surface area contributed by atoms with E-state index in [2.05, 4.69) is 51.7 Å². The number of rotatable bonds is 5. The maximum atomic E-state index is 5.63. The monoisotopic (exact) mass is 349 g/mol. The fraction of sp³-hybridized carbons (Fsp3) is 0.250. The van der Waals surface area contributed by atoms with Crippen molar-refractivity contribution in [2.75, 3.05) is 6.54 Å². The Labute approximate surface area is 130 Å². The highest BCUT2D eigenvalue weighted by atomic mass is 79.9. The highest BCUT2D eigenvalue weighted by Gasteiger charge is 2.20. The van der Waals surface area contributed by atoms with Crippen LogP contribution in [0.1, 0.15) is 30.7 Å². The van der Waals surface area contributed by atoms with Crippen molar-refractivity contribution in [2.24, 2.45) is 0 Å². The van der Waals surface area contributed by atoms with Crippen molar-refractivity contribution in [3.63, 3.8) is 0 Å². The molecule has 2 nitrogen and oxygen atoms in total. The SMILES string of the molecule is CCCNC(c1ccco1)c1csc2c(Br)cccc12. The summed E-state index contributed by atoms with van der Waals surface area (Å²) in [6.45, 7) is 3.14. The van der Waals surface area contributed by atoms with Gasteiger partial charge in [-0.05, 0) is 63.4 Å². The summed E-state index contributed by atoms with van der Waals surface area (Å²) in [4.78, 5) is 0. The Balaban J connectivity index is 2.07. The summed E-state index contributed by atoms with van der Waals surface area (Å²) >= 11 is 5.40. The van der Waals surface area contributed by atoms with Crippen LogP contribution in [0.25, 0.3) is 10.1 Å². The van der Waals surface area contributed by atoms with Gasteiger partial charge in [-0.15, -0.1) is 11.3 Å². The minimum atomic E-state index is 0.119. The van der Waals surface area contributed by atoms with Crippen LogP contribution in [0, 0.1) is 0 Å². The standard InChI is InChI=1S/C16H16BrNOS/c1-2-8-18-15(14-7-4-9-19-14)12-10-20-16-11(12)5-3-6-13(16)17/h3-7,9-10,15,18H,2,8H2,1H3. The smallest absolute Gasteiger partial charge is 0.125 e. The Morgan fingerprint density at radius 3 is 2.95 bits per heavy atom. The third kappa shape index (κ3) is 2.55. The summed E-state index contributed by atoms with van der Waals surface area (Å²) in [5, 5.41) is 7.10. The molecule has 3 rings (SSSR count). The highest BCUT2D eigenvalue weighted by molar-refractivity contribution is 9.10. The van der Waals surface area contributed by atoms with Crippen molar-refractivity contribution in [1.82, 2.24) is 5.32 Å². The number of benzene rings is 1. The molecule has 4 heteroatoms. The first-order valence-corrected chi connectivity index (χ1v) is 8.41. The molecule has 0 aliphatic carbocycles. The van der Waals surface area contributed by atoms with Crippen LogP contribution in [0.5, 0.6) is 0 Å². The zero-order chi connectivity index (χ0) is 13.9. The summed E-state index contributed by atoms with van der Waals surface area (Å²) in [6, 6.07) is 10.4. The number of fused-ring (bicyclic) bond motifs is 1. The van der Waals surface area contributed by atoms with Gasteiger partial charge in [0, 0.05) is 9.17 Å². The van der Waals surface area contributed by atoms with Gasteiger partial charge >= 0.3 is 0 Å². The highest BCUT2D eigenvalue weighted by Crippen LogP contribution is 2.37. The summed E-state index contributed by atoms with van der Waals surface area (Å²) in [6.07, 6.45) is 2.84. The topological polar surface area (TPSA) is 25.2 Å². The molecule has 1 N–H and O–H groups in total. The quantitative estimate of drug-likeness (QED) is 0.671. The Hall–Kier alpha value is -1.10. The molecule has 2 aromatic heterocycles. The first-order chi connectivity index (χ1) is 9.81. The van der Waals surface area contributed by atoms with Gasteiger partial charge < -0.3 is 9.73 Å². The van der Waals surface area contributed by atoms with Gasteiger partial charge in [-0.2, -0.15) is 0 Å². The maximum Gasteiger partial charge on any atom is 0.125 e. The number of nitrogens with one attached hydrogen (secondary N) is 1. The molecule has 0 saturated carbocycles. The maximum absolute atomic E-state index is 5.63. The second-order valence-corrected chi connectivity index (χ2v) is 6.44. The lowest BCUT2D eigenvalue weighted by atomic mass is 10.0. The van der Waals surface area contributed by atoms with E-state index < -0.39 is 0 Å². The Kier molecular flexibility index (Phi) is 4.24. The predicted octanol–water partition coefficient (Wildman–Crippen LogP) is 5.35. The lowest BCUT2D eigenvalue weighted by Crippen LogP contribution is -2.22. The van der Waals surface area contributed by atoms with Gasteiger partial charge in [0.2, 0.25) is 0 Å². The van der Waals surface area contributed by atoms with E-state index in [0.29, 0.717) is 0 Å². The fourth-order valence-electron chi connectivity index (χ4n) is 2.37. The molecule has 0 spiro atoms. The second kappa shape index (κ2) is 6.12. The van der Waals surface area contributed by atoms with Gasteiger partial charge in [0.25, 0.3) is 0 Å². The lowest BCUT2D eigenvalue weighted by Gasteiger charge is -2.16. The molecule has 0 aliphatic heterocycles. The van der Waals surface area contributed by atoms with Crippen molar-refractivity contribution in [2.45, 2.75) is 19.4 Å². The third-order valence-electron chi connectivity index (χ3n) is 3.32. The van der Waals surface area contributed by atoms with Crippen molar-refractivity contribution in [1.29, 1.82) is 0 Å². The van der Waals surface area contributed by atoms with E-state index in [1.807, 2.05) is 12.1 Å². The van der Waals surface area contributed by atoms with E-state index in [0.717, 1.165) is 23.2 Å². The second-order valence-electron chi connectivity index (χ2n) is 4.71. The number of furan rings is 1. The van der Waals surface area contributed by atoms with Crippen LogP contribution in [0.2, 0.25) is 0 Å². The van der Waals surface area contributed by atoms with Gasteiger partial charge in [-0.25, -0.2) is 0 Å². The minimum absolute atomic E-state index is 0.119. The molecule has 1 unspecified atom stereocenters. The van der Waals surface area contributed by atoms with Gasteiger partial charge in [0.1, 0.15) is 5.76 Å². The first kappa shape index (κ1) is 13.9. The molecule has 0 amide bonds. The van der Waals surface area contributed by atoms with Crippen LogP contribution in [-0.4, -0.2) is 6.54 Å². The number of halogens is 1. The number of thiophene rings is 1. The fourth-order valence-corrected chi connectivity index (χ4v) is 4.02. The van der Waals surface area contributed by atoms with Crippen LogP contribution in [0.3, 0.4) is 0 Å². The molecule has 0 aliphatic rings. The first-order valence-electron chi connectivity index (χ1n) is 6.73. The van der Waals surface area contributed by atoms with Crippen LogP contribution >= 0.6 is 27.3 Å². The number of hydrogen-bond acceptors (Lipinski definition) is 3. The average molecular weight is 350 g/mol. The Bertz CT molecular complexity index is 690. The molecule has 0 saturated heterocycles. The van der Waals surface area contributed by atoms with Crippen molar-refractivity contribution in [3.05, 3.63) is 57.8 Å². The summed E-state index contributed by atoms with van der Waals surface area (Å²) < 4.78 is 8.07. The van der Waals surface area contributed by atoms with Crippen LogP contribution < -0.4 is 5.32 Å². The molecule has 3 aromatic rings. The van der Waals surface area contributed by atoms with Gasteiger partial charge in [-0.1, -0.05) is 19.1 Å². The Morgan fingerprint density at radius 2 is 2.20 bits per heavy atom. The molecule has 1 aromatic carbocycles. The molecule has 0 radical (unpaired) electrons. The molecule has 2 heterocycles. The van der Waals surface area contributed by atoms with Gasteiger partial charge in [0.15, 0.2) is 0 Å². The van der Waals surface area contributed by atoms with E-state index in [1.54, 1.807) is 17.6 Å². The molecular formula is C16H16BrNOS. The van der Waals surface area contributed by atoms with Crippen LogP contribution in [0.15, 0.2) is 50.9 Å². The largest absolute Gasteiger partial charge is 0.467 e. The molecule has 20 heavy (non-hydrogen) atoms. The Morgan fingerprint density at radius 1 is 1.30 bits per heavy atom. The summed E-state index contributed by atoms with van der Waals surface area (Å²) in [5.74, 6) is 0.970. The normalized spacial score (nSPS) is 12.9. The zero-order valence-corrected chi connectivity index (χ0v) is 13.6. The van der Waals surface area contributed by atoms with E-state index in [-0.39, 0.29) is 6.04 Å². The molecule has 0 bridgehead atoms. The summed E-state index contributed by atoms with van der Waals surface area (Å²) in [7, 11) is 0. The predicted molar refractivity (Wildman–Crippen MR) is 88.4 cm³/mol. The average Bonchev–Trinajstić information content (AvgIpc) is 3.10. The molecular weight excluding hydrogens is 334 g/mol. The molecule has 104 valence electrons.